The van der Waals surface area contributed by atoms with Gasteiger partial charge in [-0.15, -0.1) is 0 Å². The van der Waals surface area contributed by atoms with Crippen LogP contribution in [0.3, 0.4) is 0 Å². The molecule has 94 valence electrons. The van der Waals surface area contributed by atoms with E-state index in [0.29, 0.717) is 6.04 Å². The normalized spacial score (nSPS) is 34.1. The molecule has 2 N–H and O–H groups in total. The molecule has 0 bridgehead atoms. The van der Waals surface area contributed by atoms with E-state index in [1.807, 2.05) is 0 Å². The largest absolute Gasteiger partial charge is 0.381 e. The summed E-state index contributed by atoms with van der Waals surface area (Å²) in [5, 5.41) is 0. The van der Waals surface area contributed by atoms with E-state index in [1.54, 1.807) is 0 Å². The van der Waals surface area contributed by atoms with Gasteiger partial charge in [0.05, 0.1) is 0 Å². The average Bonchev–Trinajstić information content (AvgIpc) is 2.31. The van der Waals surface area contributed by atoms with E-state index >= 15 is 0 Å². The zero-order chi connectivity index (χ0) is 11.4. The number of piperidine rings is 1. The second-order valence-electron chi connectivity index (χ2n) is 5.47. The number of likely N-dealkylation sites (tertiary alicyclic amines) is 1. The minimum Gasteiger partial charge on any atom is -0.381 e. The number of hydrogen-bond acceptors (Lipinski definition) is 3. The summed E-state index contributed by atoms with van der Waals surface area (Å²) >= 11 is 0. The summed E-state index contributed by atoms with van der Waals surface area (Å²) in [7, 11) is 0. The van der Waals surface area contributed by atoms with Gasteiger partial charge >= 0.3 is 0 Å². The third kappa shape index (κ3) is 2.96. The summed E-state index contributed by atoms with van der Waals surface area (Å²) in [6.07, 6.45) is 5.18. The molecule has 2 aliphatic rings. The standard InChI is InChI=1S/C13H26N2O/c1-11-3-2-6-15(13(11)9-14)10-12-4-7-16-8-5-12/h11-13H,2-10,14H2,1H3. The highest BCUT2D eigenvalue weighted by Gasteiger charge is 2.29. The predicted molar refractivity (Wildman–Crippen MR) is 66.4 cm³/mol. The molecular formula is C13H26N2O. The van der Waals surface area contributed by atoms with Crippen molar-refractivity contribution in [3.63, 3.8) is 0 Å². The Bertz CT molecular complexity index is 204. The number of nitrogens with two attached hydrogens (primary N) is 1. The number of ether oxygens (including phenoxy) is 1. The highest BCUT2D eigenvalue weighted by Crippen LogP contribution is 2.25. The van der Waals surface area contributed by atoms with Crippen LogP contribution in [0.15, 0.2) is 0 Å². The van der Waals surface area contributed by atoms with Gasteiger partial charge in [0, 0.05) is 32.3 Å². The molecule has 2 aliphatic heterocycles. The van der Waals surface area contributed by atoms with E-state index in [1.165, 1.54) is 38.8 Å². The first-order valence-corrected chi connectivity index (χ1v) is 6.83. The molecule has 2 rings (SSSR count). The van der Waals surface area contributed by atoms with Gasteiger partial charge in [-0.2, -0.15) is 0 Å². The maximum absolute atomic E-state index is 5.92. The third-order valence-corrected chi connectivity index (χ3v) is 4.31. The molecule has 16 heavy (non-hydrogen) atoms. The van der Waals surface area contributed by atoms with Crippen molar-refractivity contribution in [2.75, 3.05) is 32.8 Å². The second kappa shape index (κ2) is 5.99. The Morgan fingerprint density at radius 1 is 1.25 bits per heavy atom. The van der Waals surface area contributed by atoms with Crippen LogP contribution < -0.4 is 5.73 Å². The zero-order valence-corrected chi connectivity index (χ0v) is 10.5. The van der Waals surface area contributed by atoms with Crippen LogP contribution in [0.4, 0.5) is 0 Å². The molecule has 0 aromatic carbocycles. The minimum absolute atomic E-state index is 0.622. The molecule has 0 aromatic rings. The molecule has 0 radical (unpaired) electrons. The fraction of sp³-hybridized carbons (Fsp3) is 1.00. The summed E-state index contributed by atoms with van der Waals surface area (Å²) < 4.78 is 5.42. The smallest absolute Gasteiger partial charge is 0.0469 e. The Morgan fingerprint density at radius 2 is 2.00 bits per heavy atom. The lowest BCUT2D eigenvalue weighted by Crippen LogP contribution is -2.50. The van der Waals surface area contributed by atoms with Crippen molar-refractivity contribution in [3.05, 3.63) is 0 Å². The summed E-state index contributed by atoms with van der Waals surface area (Å²) in [6.45, 7) is 7.60. The van der Waals surface area contributed by atoms with Crippen LogP contribution >= 0.6 is 0 Å². The molecule has 0 amide bonds. The first-order chi connectivity index (χ1) is 7.81. The topological polar surface area (TPSA) is 38.5 Å². The van der Waals surface area contributed by atoms with E-state index in [-0.39, 0.29) is 0 Å². The molecule has 2 unspecified atom stereocenters. The fourth-order valence-corrected chi connectivity index (χ4v) is 3.20. The maximum atomic E-state index is 5.92. The summed E-state index contributed by atoms with van der Waals surface area (Å²) in [5.74, 6) is 1.62. The van der Waals surface area contributed by atoms with Crippen LogP contribution in [0.25, 0.3) is 0 Å². The zero-order valence-electron chi connectivity index (χ0n) is 10.5. The van der Waals surface area contributed by atoms with Crippen LogP contribution in [0.5, 0.6) is 0 Å². The minimum atomic E-state index is 0.622. The second-order valence-corrected chi connectivity index (χ2v) is 5.47. The molecule has 3 nitrogen and oxygen atoms in total. The number of hydrogen-bond donors (Lipinski definition) is 1. The van der Waals surface area contributed by atoms with E-state index in [4.69, 9.17) is 10.5 Å². The Kier molecular flexibility index (Phi) is 4.62. The molecule has 0 saturated carbocycles. The predicted octanol–water partition coefficient (Wildman–Crippen LogP) is 1.47. The van der Waals surface area contributed by atoms with Gasteiger partial charge in [0.15, 0.2) is 0 Å². The van der Waals surface area contributed by atoms with Crippen molar-refractivity contribution in [1.29, 1.82) is 0 Å². The van der Waals surface area contributed by atoms with Gasteiger partial charge in [-0.3, -0.25) is 4.90 Å². The Hall–Kier alpha value is -0.120. The van der Waals surface area contributed by atoms with E-state index in [2.05, 4.69) is 11.8 Å². The highest BCUT2D eigenvalue weighted by atomic mass is 16.5. The number of rotatable bonds is 3. The summed E-state index contributed by atoms with van der Waals surface area (Å²) in [6, 6.07) is 0.622. The van der Waals surface area contributed by atoms with Gasteiger partial charge in [0.25, 0.3) is 0 Å². The molecular weight excluding hydrogens is 200 g/mol. The SMILES string of the molecule is CC1CCCN(CC2CCOCC2)C1CN. The lowest BCUT2D eigenvalue weighted by atomic mass is 9.89. The molecule has 0 aromatic heterocycles. The van der Waals surface area contributed by atoms with Crippen molar-refractivity contribution >= 4 is 0 Å². The lowest BCUT2D eigenvalue weighted by Gasteiger charge is -2.41. The Labute approximate surface area is 99.3 Å². The fourth-order valence-electron chi connectivity index (χ4n) is 3.20. The number of nitrogens with zero attached hydrogens (tertiary/aromatic N) is 1. The van der Waals surface area contributed by atoms with Gasteiger partial charge in [-0.25, -0.2) is 0 Å². The van der Waals surface area contributed by atoms with Crippen molar-refractivity contribution in [1.82, 2.24) is 4.90 Å². The van der Waals surface area contributed by atoms with Gasteiger partial charge in [-0.05, 0) is 44.1 Å². The Balaban J connectivity index is 1.85. The molecule has 2 heterocycles. The van der Waals surface area contributed by atoms with Crippen molar-refractivity contribution in [2.45, 2.75) is 38.6 Å². The van der Waals surface area contributed by atoms with E-state index in [0.717, 1.165) is 31.6 Å². The monoisotopic (exact) mass is 226 g/mol. The van der Waals surface area contributed by atoms with Crippen molar-refractivity contribution in [3.8, 4) is 0 Å². The molecule has 2 fully saturated rings. The van der Waals surface area contributed by atoms with Gasteiger partial charge in [0.2, 0.25) is 0 Å². The first-order valence-electron chi connectivity index (χ1n) is 6.83. The van der Waals surface area contributed by atoms with E-state index < -0.39 is 0 Å². The van der Waals surface area contributed by atoms with E-state index in [9.17, 15) is 0 Å². The van der Waals surface area contributed by atoms with Crippen LogP contribution in [0, 0.1) is 11.8 Å². The highest BCUT2D eigenvalue weighted by molar-refractivity contribution is 4.84. The maximum Gasteiger partial charge on any atom is 0.0469 e. The summed E-state index contributed by atoms with van der Waals surface area (Å²) in [4.78, 5) is 2.64. The van der Waals surface area contributed by atoms with Gasteiger partial charge in [-0.1, -0.05) is 6.92 Å². The summed E-state index contributed by atoms with van der Waals surface area (Å²) in [5.41, 5.74) is 5.92. The van der Waals surface area contributed by atoms with Gasteiger partial charge in [0.1, 0.15) is 0 Å². The lowest BCUT2D eigenvalue weighted by molar-refractivity contribution is 0.0298. The Morgan fingerprint density at radius 3 is 2.69 bits per heavy atom. The molecule has 0 aliphatic carbocycles. The average molecular weight is 226 g/mol. The van der Waals surface area contributed by atoms with Gasteiger partial charge < -0.3 is 10.5 Å². The van der Waals surface area contributed by atoms with Crippen LogP contribution in [0.2, 0.25) is 0 Å². The first kappa shape index (κ1) is 12.3. The van der Waals surface area contributed by atoms with Crippen LogP contribution in [0.1, 0.15) is 32.6 Å². The molecule has 0 spiro atoms. The van der Waals surface area contributed by atoms with Crippen molar-refractivity contribution < 1.29 is 4.74 Å². The third-order valence-electron chi connectivity index (χ3n) is 4.31. The van der Waals surface area contributed by atoms with Crippen LogP contribution in [-0.2, 0) is 4.74 Å². The molecule has 2 atom stereocenters. The van der Waals surface area contributed by atoms with Crippen LogP contribution in [-0.4, -0.2) is 43.8 Å². The van der Waals surface area contributed by atoms with Crippen molar-refractivity contribution in [2.24, 2.45) is 17.6 Å². The quantitative estimate of drug-likeness (QED) is 0.792. The molecule has 2 saturated heterocycles. The molecule has 3 heteroatoms.